The summed E-state index contributed by atoms with van der Waals surface area (Å²) in [5, 5.41) is 5.76. The van der Waals surface area contributed by atoms with Crippen molar-refractivity contribution in [1.29, 1.82) is 0 Å². The molecule has 8 heteroatoms. The lowest BCUT2D eigenvalue weighted by atomic mass is 9.94. The minimum atomic E-state index is -0.607. The molecule has 1 amide bonds. The van der Waals surface area contributed by atoms with E-state index in [1.165, 1.54) is 6.07 Å². The molecule has 5 nitrogen and oxygen atoms in total. The van der Waals surface area contributed by atoms with Gasteiger partial charge >= 0.3 is 6.09 Å². The maximum Gasteiger partial charge on any atom is 0.408 e. The Bertz CT molecular complexity index is 847. The van der Waals surface area contributed by atoms with Crippen molar-refractivity contribution in [3.63, 3.8) is 0 Å². The molecule has 0 saturated carbocycles. The van der Waals surface area contributed by atoms with Crippen LogP contribution in [0.25, 0.3) is 0 Å². The molecule has 0 spiro atoms. The van der Waals surface area contributed by atoms with Crippen LogP contribution in [-0.2, 0) is 11.3 Å². The zero-order valence-corrected chi connectivity index (χ0v) is 16.9. The Morgan fingerprint density at radius 1 is 1.33 bits per heavy atom. The third-order valence-corrected chi connectivity index (χ3v) is 5.24. The summed E-state index contributed by atoms with van der Waals surface area (Å²) < 4.78 is 25.3. The molecular weight excluding hydrogens is 435 g/mol. The van der Waals surface area contributed by atoms with Crippen LogP contribution in [0.1, 0.15) is 17.0 Å². The largest absolute Gasteiger partial charge is 0.497 e. The number of amides is 1. The first-order valence-corrected chi connectivity index (χ1v) is 9.47. The third kappa shape index (κ3) is 4.75. The molecule has 1 aliphatic heterocycles. The number of alkyl carbamates (subject to hydrolysis) is 1. The van der Waals surface area contributed by atoms with Crippen molar-refractivity contribution in [2.45, 2.75) is 18.6 Å². The van der Waals surface area contributed by atoms with Gasteiger partial charge in [-0.2, -0.15) is 0 Å². The van der Waals surface area contributed by atoms with Crippen molar-refractivity contribution < 1.29 is 18.7 Å². The minimum Gasteiger partial charge on any atom is -0.497 e. The predicted octanol–water partition coefficient (Wildman–Crippen LogP) is 3.91. The topological polar surface area (TPSA) is 59.6 Å². The third-order valence-electron chi connectivity index (χ3n) is 4.35. The fourth-order valence-corrected chi connectivity index (χ4v) is 3.56. The second kappa shape index (κ2) is 8.67. The molecule has 0 radical (unpaired) electrons. The highest BCUT2D eigenvalue weighted by molar-refractivity contribution is 9.10. The molecule has 1 heterocycles. The first kappa shape index (κ1) is 19.6. The van der Waals surface area contributed by atoms with Gasteiger partial charge in [-0.25, -0.2) is 9.18 Å². The van der Waals surface area contributed by atoms with E-state index < -0.39 is 12.1 Å². The van der Waals surface area contributed by atoms with Crippen LogP contribution in [-0.4, -0.2) is 30.8 Å². The summed E-state index contributed by atoms with van der Waals surface area (Å²) in [4.78, 5) is 12.7. The molecule has 2 atom stereocenters. The fraction of sp³-hybridized carbons (Fsp3) is 0.263. The number of rotatable bonds is 5. The number of hydrogen-bond acceptors (Lipinski definition) is 4. The van der Waals surface area contributed by atoms with Crippen LogP contribution in [0, 0.1) is 5.82 Å². The lowest BCUT2D eigenvalue weighted by Gasteiger charge is -2.20. The molecule has 3 rings (SSSR count). The summed E-state index contributed by atoms with van der Waals surface area (Å²) in [6.45, 7) is 0.556. The highest BCUT2D eigenvalue weighted by atomic mass is 79.9. The second-order valence-electron chi connectivity index (χ2n) is 6.06. The monoisotopic (exact) mass is 452 g/mol. The van der Waals surface area contributed by atoms with E-state index in [0.29, 0.717) is 21.6 Å². The Morgan fingerprint density at radius 2 is 2.07 bits per heavy atom. The summed E-state index contributed by atoms with van der Waals surface area (Å²) in [5.74, 6) is 0.0726. The quantitative estimate of drug-likeness (QED) is 0.673. The summed E-state index contributed by atoms with van der Waals surface area (Å²) in [7, 11) is 1.59. The van der Waals surface area contributed by atoms with Crippen LogP contribution >= 0.6 is 28.1 Å². The molecule has 2 N–H and O–H groups in total. The lowest BCUT2D eigenvalue weighted by molar-refractivity contribution is 0.137. The van der Waals surface area contributed by atoms with Gasteiger partial charge in [-0.05, 0) is 35.4 Å². The SMILES string of the molecule is COc1ccc(COC(=O)N[C@@H]2C(=S)NC[C@H]2c2ccc(Br)cc2F)cc1. The average Bonchev–Trinajstić information content (AvgIpc) is 3.01. The van der Waals surface area contributed by atoms with Gasteiger partial charge in [-0.1, -0.05) is 46.3 Å². The number of nitrogens with one attached hydrogen (secondary N) is 2. The summed E-state index contributed by atoms with van der Waals surface area (Å²) >= 11 is 8.53. The zero-order chi connectivity index (χ0) is 19.4. The molecule has 1 aliphatic rings. The molecule has 27 heavy (non-hydrogen) atoms. The van der Waals surface area contributed by atoms with E-state index in [2.05, 4.69) is 26.6 Å². The first-order chi connectivity index (χ1) is 13.0. The van der Waals surface area contributed by atoms with Crippen LogP contribution in [0.3, 0.4) is 0 Å². The molecular formula is C19H18BrFN2O3S. The van der Waals surface area contributed by atoms with Gasteiger partial charge in [0.05, 0.1) is 18.1 Å². The number of methoxy groups -OCH3 is 1. The molecule has 0 bridgehead atoms. The number of thiocarbonyl (C=S) groups is 1. The van der Waals surface area contributed by atoms with E-state index >= 15 is 0 Å². The Balaban J connectivity index is 1.63. The fourth-order valence-electron chi connectivity index (χ4n) is 2.92. The van der Waals surface area contributed by atoms with Gasteiger partial charge in [0, 0.05) is 16.9 Å². The lowest BCUT2D eigenvalue weighted by Crippen LogP contribution is -2.42. The molecule has 0 unspecified atom stereocenters. The first-order valence-electron chi connectivity index (χ1n) is 8.27. The average molecular weight is 453 g/mol. The van der Waals surface area contributed by atoms with Crippen molar-refractivity contribution in [3.05, 3.63) is 63.9 Å². The van der Waals surface area contributed by atoms with E-state index in [4.69, 9.17) is 21.7 Å². The van der Waals surface area contributed by atoms with E-state index in [1.807, 2.05) is 12.1 Å². The Hall–Kier alpha value is -2.19. The van der Waals surface area contributed by atoms with Crippen molar-refractivity contribution in [1.82, 2.24) is 10.6 Å². The van der Waals surface area contributed by atoms with Crippen LogP contribution in [0.4, 0.5) is 9.18 Å². The Morgan fingerprint density at radius 3 is 2.74 bits per heavy atom. The standard InChI is InChI=1S/C19H18BrFN2O3S/c1-25-13-5-2-11(3-6-13)10-26-19(24)23-17-15(9-22-18(17)27)14-7-4-12(20)8-16(14)21/h2-8,15,17H,9-10H2,1H3,(H,22,27)(H,23,24)/t15-,17-/m0/s1. The molecule has 0 aliphatic carbocycles. The summed E-state index contributed by atoms with van der Waals surface area (Å²) in [6.07, 6.45) is -0.607. The number of carbonyl (C=O) groups excluding carboxylic acids is 1. The van der Waals surface area contributed by atoms with Crippen molar-refractivity contribution in [2.24, 2.45) is 0 Å². The highest BCUT2D eigenvalue weighted by Gasteiger charge is 2.36. The van der Waals surface area contributed by atoms with Crippen LogP contribution in [0.5, 0.6) is 5.75 Å². The van der Waals surface area contributed by atoms with Crippen molar-refractivity contribution in [2.75, 3.05) is 13.7 Å². The number of hydrogen-bond donors (Lipinski definition) is 2. The van der Waals surface area contributed by atoms with Gasteiger partial charge in [0.15, 0.2) is 0 Å². The van der Waals surface area contributed by atoms with Crippen LogP contribution < -0.4 is 15.4 Å². The zero-order valence-electron chi connectivity index (χ0n) is 14.5. The summed E-state index contributed by atoms with van der Waals surface area (Å²) in [5.41, 5.74) is 1.32. The normalized spacial score (nSPS) is 18.7. The number of ether oxygens (including phenoxy) is 2. The molecule has 142 valence electrons. The van der Waals surface area contributed by atoms with Gasteiger partial charge in [0.25, 0.3) is 0 Å². The highest BCUT2D eigenvalue weighted by Crippen LogP contribution is 2.28. The number of benzene rings is 2. The number of carbonyl (C=O) groups is 1. The van der Waals surface area contributed by atoms with Gasteiger partial charge in [-0.3, -0.25) is 0 Å². The van der Waals surface area contributed by atoms with Gasteiger partial charge in [0.2, 0.25) is 0 Å². The summed E-state index contributed by atoms with van der Waals surface area (Å²) in [6, 6.07) is 11.5. The van der Waals surface area contributed by atoms with Crippen molar-refractivity contribution in [3.8, 4) is 5.75 Å². The molecule has 1 fully saturated rings. The molecule has 1 saturated heterocycles. The van der Waals surface area contributed by atoms with Crippen LogP contribution in [0.15, 0.2) is 46.9 Å². The minimum absolute atomic E-state index is 0.111. The maximum absolute atomic E-state index is 14.3. The molecule has 2 aromatic rings. The maximum atomic E-state index is 14.3. The van der Waals surface area contributed by atoms with Gasteiger partial charge in [-0.15, -0.1) is 0 Å². The Kier molecular flexibility index (Phi) is 6.28. The number of halogens is 2. The van der Waals surface area contributed by atoms with Gasteiger partial charge in [0.1, 0.15) is 18.2 Å². The Labute approximate surface area is 170 Å². The van der Waals surface area contributed by atoms with E-state index in [0.717, 1.165) is 11.3 Å². The van der Waals surface area contributed by atoms with Crippen molar-refractivity contribution >= 4 is 39.2 Å². The van der Waals surface area contributed by atoms with E-state index in [1.54, 1.807) is 31.4 Å². The smallest absolute Gasteiger partial charge is 0.408 e. The predicted molar refractivity (Wildman–Crippen MR) is 108 cm³/mol. The van der Waals surface area contributed by atoms with Crippen LogP contribution in [0.2, 0.25) is 0 Å². The molecule has 0 aromatic heterocycles. The van der Waals surface area contributed by atoms with E-state index in [-0.39, 0.29) is 18.3 Å². The van der Waals surface area contributed by atoms with Gasteiger partial charge < -0.3 is 20.1 Å². The van der Waals surface area contributed by atoms with E-state index in [9.17, 15) is 9.18 Å². The second-order valence-corrected chi connectivity index (χ2v) is 7.42. The molecule has 2 aromatic carbocycles.